The SMILES string of the molecule is CCC(NC(=O)CN1CCC(C(N)=O)CC1)c1cc(C)ccn1. The molecule has 2 amide bonds. The van der Waals surface area contributed by atoms with Gasteiger partial charge in [0.05, 0.1) is 18.3 Å². The number of likely N-dealkylation sites (tertiary alicyclic amines) is 1. The van der Waals surface area contributed by atoms with Crippen LogP contribution in [0, 0.1) is 12.8 Å². The molecule has 3 N–H and O–H groups in total. The molecule has 1 aromatic heterocycles. The van der Waals surface area contributed by atoms with E-state index >= 15 is 0 Å². The molecule has 0 bridgehead atoms. The highest BCUT2D eigenvalue weighted by atomic mass is 16.2. The Morgan fingerprint density at radius 3 is 2.70 bits per heavy atom. The Bertz CT molecular complexity index is 553. The van der Waals surface area contributed by atoms with Gasteiger partial charge in [0.15, 0.2) is 0 Å². The number of carbonyl (C=O) groups excluding carboxylic acids is 2. The maximum atomic E-state index is 12.3. The second-order valence-electron chi connectivity index (χ2n) is 6.24. The molecule has 1 aliphatic rings. The maximum absolute atomic E-state index is 12.3. The van der Waals surface area contributed by atoms with Crippen molar-refractivity contribution < 1.29 is 9.59 Å². The fourth-order valence-corrected chi connectivity index (χ4v) is 2.95. The van der Waals surface area contributed by atoms with Crippen molar-refractivity contribution in [2.45, 2.75) is 39.2 Å². The number of nitrogens with zero attached hydrogens (tertiary/aromatic N) is 2. The smallest absolute Gasteiger partial charge is 0.234 e. The van der Waals surface area contributed by atoms with Crippen LogP contribution < -0.4 is 11.1 Å². The third-order valence-electron chi connectivity index (χ3n) is 4.39. The highest BCUT2D eigenvalue weighted by Gasteiger charge is 2.24. The van der Waals surface area contributed by atoms with Crippen molar-refractivity contribution >= 4 is 11.8 Å². The van der Waals surface area contributed by atoms with Crippen LogP contribution in [0.4, 0.5) is 0 Å². The minimum atomic E-state index is -0.231. The van der Waals surface area contributed by atoms with Crippen LogP contribution in [0.2, 0.25) is 0 Å². The number of hydrogen-bond acceptors (Lipinski definition) is 4. The first-order valence-corrected chi connectivity index (χ1v) is 8.23. The van der Waals surface area contributed by atoms with Crippen LogP contribution in [0.1, 0.15) is 43.5 Å². The van der Waals surface area contributed by atoms with Crippen molar-refractivity contribution in [1.29, 1.82) is 0 Å². The molecule has 1 saturated heterocycles. The lowest BCUT2D eigenvalue weighted by Crippen LogP contribution is -2.44. The minimum absolute atomic E-state index is 0.00215. The van der Waals surface area contributed by atoms with Crippen molar-refractivity contribution in [3.05, 3.63) is 29.6 Å². The molecule has 0 aliphatic carbocycles. The monoisotopic (exact) mass is 318 g/mol. The highest BCUT2D eigenvalue weighted by molar-refractivity contribution is 5.79. The van der Waals surface area contributed by atoms with Crippen molar-refractivity contribution in [2.75, 3.05) is 19.6 Å². The van der Waals surface area contributed by atoms with Gasteiger partial charge in [-0.15, -0.1) is 0 Å². The summed E-state index contributed by atoms with van der Waals surface area (Å²) in [4.78, 5) is 29.9. The Balaban J connectivity index is 1.85. The summed E-state index contributed by atoms with van der Waals surface area (Å²) in [5, 5.41) is 3.06. The molecule has 1 aliphatic heterocycles. The minimum Gasteiger partial charge on any atom is -0.369 e. The van der Waals surface area contributed by atoms with Crippen molar-refractivity contribution in [2.24, 2.45) is 11.7 Å². The van der Waals surface area contributed by atoms with Crippen LogP contribution in [0.5, 0.6) is 0 Å². The third-order valence-corrected chi connectivity index (χ3v) is 4.39. The van der Waals surface area contributed by atoms with E-state index in [1.807, 2.05) is 26.0 Å². The number of aryl methyl sites for hydroxylation is 1. The van der Waals surface area contributed by atoms with Crippen molar-refractivity contribution in [3.63, 3.8) is 0 Å². The Morgan fingerprint density at radius 2 is 2.13 bits per heavy atom. The number of rotatable bonds is 6. The zero-order chi connectivity index (χ0) is 16.8. The van der Waals surface area contributed by atoms with Crippen LogP contribution in [0.3, 0.4) is 0 Å². The zero-order valence-corrected chi connectivity index (χ0v) is 13.9. The summed E-state index contributed by atoms with van der Waals surface area (Å²) in [5.41, 5.74) is 7.36. The molecule has 6 nitrogen and oxygen atoms in total. The number of nitrogens with one attached hydrogen (secondary N) is 1. The average molecular weight is 318 g/mol. The van der Waals surface area contributed by atoms with Gasteiger partial charge in [0.25, 0.3) is 0 Å². The Labute approximate surface area is 137 Å². The molecule has 126 valence electrons. The van der Waals surface area contributed by atoms with Crippen molar-refractivity contribution in [3.8, 4) is 0 Å². The molecule has 23 heavy (non-hydrogen) atoms. The number of pyridine rings is 1. The topological polar surface area (TPSA) is 88.3 Å². The van der Waals surface area contributed by atoms with Gasteiger partial charge in [0.2, 0.25) is 11.8 Å². The number of piperidine rings is 1. The molecule has 0 saturated carbocycles. The molecule has 1 aromatic rings. The van der Waals surface area contributed by atoms with E-state index in [0.29, 0.717) is 6.54 Å². The molecule has 1 unspecified atom stereocenters. The number of carbonyl (C=O) groups is 2. The number of amides is 2. The van der Waals surface area contributed by atoms with Gasteiger partial charge in [0.1, 0.15) is 0 Å². The van der Waals surface area contributed by atoms with Crippen LogP contribution >= 0.6 is 0 Å². The number of hydrogen-bond donors (Lipinski definition) is 2. The predicted octanol–water partition coefficient (Wildman–Crippen LogP) is 1.15. The Morgan fingerprint density at radius 1 is 1.43 bits per heavy atom. The fraction of sp³-hybridized carbons (Fsp3) is 0.588. The number of aromatic nitrogens is 1. The van der Waals surface area contributed by atoms with Crippen LogP contribution in [-0.4, -0.2) is 41.3 Å². The lowest BCUT2D eigenvalue weighted by atomic mass is 9.96. The third kappa shape index (κ3) is 5.03. The molecule has 1 atom stereocenters. The van der Waals surface area contributed by atoms with Crippen LogP contribution in [0.25, 0.3) is 0 Å². The van der Waals surface area contributed by atoms with Crippen molar-refractivity contribution in [1.82, 2.24) is 15.2 Å². The van der Waals surface area contributed by atoms with E-state index in [2.05, 4.69) is 15.2 Å². The molecular formula is C17H26N4O2. The summed E-state index contributed by atoms with van der Waals surface area (Å²) in [5.74, 6) is -0.280. The molecule has 2 rings (SSSR count). The van der Waals surface area contributed by atoms with E-state index in [0.717, 1.165) is 43.6 Å². The summed E-state index contributed by atoms with van der Waals surface area (Å²) < 4.78 is 0. The molecule has 0 spiro atoms. The second-order valence-corrected chi connectivity index (χ2v) is 6.24. The molecule has 6 heteroatoms. The first-order valence-electron chi connectivity index (χ1n) is 8.23. The van der Waals surface area contributed by atoms with E-state index in [1.54, 1.807) is 6.20 Å². The van der Waals surface area contributed by atoms with Gasteiger partial charge in [-0.3, -0.25) is 19.5 Å². The van der Waals surface area contributed by atoms with Gasteiger partial charge in [-0.2, -0.15) is 0 Å². The maximum Gasteiger partial charge on any atom is 0.234 e. The molecule has 1 fully saturated rings. The van der Waals surface area contributed by atoms with Gasteiger partial charge >= 0.3 is 0 Å². The predicted molar refractivity (Wildman–Crippen MR) is 88.5 cm³/mol. The second kappa shape index (κ2) is 8.06. The van der Waals surface area contributed by atoms with Gasteiger partial charge in [-0.05, 0) is 57.0 Å². The summed E-state index contributed by atoms with van der Waals surface area (Å²) >= 11 is 0. The standard InChI is InChI=1S/C17H26N4O2/c1-3-14(15-10-12(2)4-7-19-15)20-16(22)11-21-8-5-13(6-9-21)17(18)23/h4,7,10,13-14H,3,5-6,8-9,11H2,1-2H3,(H2,18,23)(H,20,22). The summed E-state index contributed by atoms with van der Waals surface area (Å²) in [6.45, 7) is 5.88. The summed E-state index contributed by atoms with van der Waals surface area (Å²) in [7, 11) is 0. The van der Waals surface area contributed by atoms with Gasteiger partial charge in [-0.25, -0.2) is 0 Å². The van der Waals surface area contributed by atoms with Crippen LogP contribution in [0.15, 0.2) is 18.3 Å². The van der Waals surface area contributed by atoms with E-state index in [4.69, 9.17) is 5.73 Å². The fourth-order valence-electron chi connectivity index (χ4n) is 2.95. The van der Waals surface area contributed by atoms with E-state index in [9.17, 15) is 9.59 Å². The van der Waals surface area contributed by atoms with Gasteiger partial charge < -0.3 is 11.1 Å². The first-order chi connectivity index (χ1) is 11.0. The average Bonchev–Trinajstić information content (AvgIpc) is 2.53. The zero-order valence-electron chi connectivity index (χ0n) is 13.9. The molecule has 2 heterocycles. The normalized spacial score (nSPS) is 17.7. The lowest BCUT2D eigenvalue weighted by molar-refractivity contribution is -0.124. The van der Waals surface area contributed by atoms with E-state index < -0.39 is 0 Å². The van der Waals surface area contributed by atoms with Crippen LogP contribution in [-0.2, 0) is 9.59 Å². The largest absolute Gasteiger partial charge is 0.369 e. The number of primary amides is 1. The lowest BCUT2D eigenvalue weighted by Gasteiger charge is -2.30. The quantitative estimate of drug-likeness (QED) is 0.823. The summed E-state index contributed by atoms with van der Waals surface area (Å²) in [6.07, 6.45) is 4.04. The first kappa shape index (κ1) is 17.4. The number of nitrogens with two attached hydrogens (primary N) is 1. The molecule has 0 radical (unpaired) electrons. The van der Waals surface area contributed by atoms with Gasteiger partial charge in [0, 0.05) is 12.1 Å². The van der Waals surface area contributed by atoms with E-state index in [1.165, 1.54) is 0 Å². The molecular weight excluding hydrogens is 292 g/mol. The van der Waals surface area contributed by atoms with Gasteiger partial charge in [-0.1, -0.05) is 6.92 Å². The Kier molecular flexibility index (Phi) is 6.10. The molecule has 0 aromatic carbocycles. The summed E-state index contributed by atoms with van der Waals surface area (Å²) in [6, 6.07) is 3.89. The van der Waals surface area contributed by atoms with E-state index in [-0.39, 0.29) is 23.8 Å². The Hall–Kier alpha value is -1.95. The highest BCUT2D eigenvalue weighted by Crippen LogP contribution is 2.17.